The van der Waals surface area contributed by atoms with Crippen molar-refractivity contribution in [1.29, 1.82) is 0 Å². The van der Waals surface area contributed by atoms with Gasteiger partial charge in [-0.1, -0.05) is 11.6 Å². The molecule has 0 saturated heterocycles. The first-order valence-electron chi connectivity index (χ1n) is 3.83. The molecule has 1 aliphatic heterocycles. The first kappa shape index (κ1) is 9.03. The Morgan fingerprint density at radius 3 is 3.00 bits per heavy atom. The van der Waals surface area contributed by atoms with Crippen molar-refractivity contribution in [1.82, 2.24) is 0 Å². The second-order valence-electron chi connectivity index (χ2n) is 2.79. The van der Waals surface area contributed by atoms with Crippen molar-refractivity contribution in [3.05, 3.63) is 27.2 Å². The van der Waals surface area contributed by atoms with Crippen molar-refractivity contribution < 1.29 is 9.53 Å². The van der Waals surface area contributed by atoms with E-state index in [1.807, 2.05) is 0 Å². The Hall–Kier alpha value is -0.540. The lowest BCUT2D eigenvalue weighted by Gasteiger charge is -2.17. The van der Waals surface area contributed by atoms with Crippen molar-refractivity contribution in [2.45, 2.75) is 6.42 Å². The largest absolute Gasteiger partial charge is 0.491 e. The molecule has 68 valence electrons. The number of ketones is 1. The number of halogens is 2. The van der Waals surface area contributed by atoms with Crippen molar-refractivity contribution in [3.8, 4) is 5.75 Å². The third kappa shape index (κ3) is 1.58. The second-order valence-corrected chi connectivity index (χ2v) is 4.08. The van der Waals surface area contributed by atoms with E-state index >= 15 is 0 Å². The van der Waals surface area contributed by atoms with Gasteiger partial charge in [0.1, 0.15) is 5.75 Å². The SMILES string of the molecule is O=C1CCOc2c(Br)cc(Cl)cc21. The molecule has 0 N–H and O–H groups in total. The van der Waals surface area contributed by atoms with E-state index in [0.29, 0.717) is 29.4 Å². The number of benzene rings is 1. The quantitative estimate of drug-likeness (QED) is 0.717. The Morgan fingerprint density at radius 1 is 1.46 bits per heavy atom. The summed E-state index contributed by atoms with van der Waals surface area (Å²) in [5, 5.41) is 0.546. The lowest BCUT2D eigenvalue weighted by Crippen LogP contribution is -2.15. The number of carbonyl (C=O) groups excluding carboxylic acids is 1. The molecule has 0 bridgehead atoms. The maximum atomic E-state index is 11.4. The minimum absolute atomic E-state index is 0.0875. The van der Waals surface area contributed by atoms with Gasteiger partial charge in [0.25, 0.3) is 0 Å². The number of fused-ring (bicyclic) bond motifs is 1. The van der Waals surface area contributed by atoms with Crippen molar-refractivity contribution in [3.63, 3.8) is 0 Å². The van der Waals surface area contributed by atoms with Gasteiger partial charge in [-0.05, 0) is 28.1 Å². The van der Waals surface area contributed by atoms with Crippen LogP contribution >= 0.6 is 27.5 Å². The number of rotatable bonds is 0. The van der Waals surface area contributed by atoms with Gasteiger partial charge < -0.3 is 4.74 Å². The summed E-state index contributed by atoms with van der Waals surface area (Å²) in [5.41, 5.74) is 0.575. The Morgan fingerprint density at radius 2 is 2.23 bits per heavy atom. The average molecular weight is 262 g/mol. The van der Waals surface area contributed by atoms with Gasteiger partial charge >= 0.3 is 0 Å². The zero-order valence-electron chi connectivity index (χ0n) is 6.64. The highest BCUT2D eigenvalue weighted by Crippen LogP contribution is 2.35. The van der Waals surface area contributed by atoms with Gasteiger partial charge in [0.05, 0.1) is 16.6 Å². The summed E-state index contributed by atoms with van der Waals surface area (Å²) >= 11 is 9.11. The molecule has 0 spiro atoms. The normalized spacial score (nSPS) is 15.1. The molecule has 13 heavy (non-hydrogen) atoms. The lowest BCUT2D eigenvalue weighted by atomic mass is 10.1. The molecule has 2 nitrogen and oxygen atoms in total. The molecule has 2 rings (SSSR count). The highest BCUT2D eigenvalue weighted by Gasteiger charge is 2.21. The van der Waals surface area contributed by atoms with Gasteiger partial charge in [0.15, 0.2) is 5.78 Å². The van der Waals surface area contributed by atoms with Crippen LogP contribution in [0.2, 0.25) is 5.02 Å². The predicted molar refractivity (Wildman–Crippen MR) is 53.6 cm³/mol. The van der Waals surface area contributed by atoms with Crippen molar-refractivity contribution in [2.24, 2.45) is 0 Å². The van der Waals surface area contributed by atoms with Crippen molar-refractivity contribution >= 4 is 33.3 Å². The summed E-state index contributed by atoms with van der Waals surface area (Å²) in [6.07, 6.45) is 0.430. The summed E-state index contributed by atoms with van der Waals surface area (Å²) in [6, 6.07) is 3.36. The van der Waals surface area contributed by atoms with Gasteiger partial charge in [0, 0.05) is 11.4 Å². The fourth-order valence-electron chi connectivity index (χ4n) is 1.29. The van der Waals surface area contributed by atoms with Crippen molar-refractivity contribution in [2.75, 3.05) is 6.61 Å². The van der Waals surface area contributed by atoms with Crippen LogP contribution in [0.1, 0.15) is 16.8 Å². The third-order valence-electron chi connectivity index (χ3n) is 1.88. The average Bonchev–Trinajstić information content (AvgIpc) is 2.07. The zero-order valence-corrected chi connectivity index (χ0v) is 8.98. The maximum absolute atomic E-state index is 11.4. The molecule has 0 saturated carbocycles. The van der Waals surface area contributed by atoms with Crippen LogP contribution in [0.3, 0.4) is 0 Å². The molecular weight excluding hydrogens is 255 g/mol. The van der Waals surface area contributed by atoms with E-state index in [2.05, 4.69) is 15.9 Å². The first-order valence-corrected chi connectivity index (χ1v) is 5.00. The summed E-state index contributed by atoms with van der Waals surface area (Å²) in [7, 11) is 0. The minimum Gasteiger partial charge on any atom is -0.491 e. The van der Waals surface area contributed by atoms with Gasteiger partial charge in [-0.25, -0.2) is 0 Å². The van der Waals surface area contributed by atoms with Gasteiger partial charge in [0.2, 0.25) is 0 Å². The number of hydrogen-bond acceptors (Lipinski definition) is 2. The van der Waals surface area contributed by atoms with E-state index in [1.165, 1.54) is 0 Å². The van der Waals surface area contributed by atoms with Crippen LogP contribution in [0.25, 0.3) is 0 Å². The molecule has 0 atom stereocenters. The van der Waals surface area contributed by atoms with E-state index in [1.54, 1.807) is 12.1 Å². The van der Waals surface area contributed by atoms with Crippen LogP contribution < -0.4 is 4.74 Å². The highest BCUT2D eigenvalue weighted by atomic mass is 79.9. The third-order valence-corrected chi connectivity index (χ3v) is 2.69. The topological polar surface area (TPSA) is 26.3 Å². The van der Waals surface area contributed by atoms with Crippen LogP contribution in [0.5, 0.6) is 5.75 Å². The molecule has 1 heterocycles. The molecule has 1 aromatic carbocycles. The van der Waals surface area contributed by atoms with Crippen LogP contribution in [0, 0.1) is 0 Å². The molecule has 0 amide bonds. The van der Waals surface area contributed by atoms with Crippen LogP contribution in [0.4, 0.5) is 0 Å². The summed E-state index contributed by atoms with van der Waals surface area (Å²) in [5.74, 6) is 0.699. The standard InChI is InChI=1S/C9H6BrClO2/c10-7-4-5(11)3-6-8(12)1-2-13-9(6)7/h3-4H,1-2H2. The van der Waals surface area contributed by atoms with Crippen LogP contribution in [0.15, 0.2) is 16.6 Å². The molecule has 1 aromatic rings. The number of hydrogen-bond donors (Lipinski definition) is 0. The van der Waals surface area contributed by atoms with Gasteiger partial charge in [-0.2, -0.15) is 0 Å². The Kier molecular flexibility index (Phi) is 2.30. The van der Waals surface area contributed by atoms with E-state index < -0.39 is 0 Å². The Labute approximate surface area is 89.0 Å². The van der Waals surface area contributed by atoms with E-state index in [-0.39, 0.29) is 5.78 Å². The van der Waals surface area contributed by atoms with Gasteiger partial charge in [-0.15, -0.1) is 0 Å². The van der Waals surface area contributed by atoms with E-state index in [4.69, 9.17) is 16.3 Å². The zero-order chi connectivity index (χ0) is 9.42. The molecule has 0 radical (unpaired) electrons. The molecule has 0 fully saturated rings. The molecule has 0 aromatic heterocycles. The Bertz CT molecular complexity index is 376. The molecule has 4 heteroatoms. The Balaban J connectivity index is 2.63. The lowest BCUT2D eigenvalue weighted by molar-refractivity contribution is 0.0933. The van der Waals surface area contributed by atoms with E-state index in [9.17, 15) is 4.79 Å². The summed E-state index contributed by atoms with van der Waals surface area (Å²) < 4.78 is 6.09. The number of ether oxygens (including phenoxy) is 1. The molecule has 1 aliphatic rings. The van der Waals surface area contributed by atoms with Gasteiger partial charge in [-0.3, -0.25) is 4.79 Å². The fourth-order valence-corrected chi connectivity index (χ4v) is 2.22. The fraction of sp³-hybridized carbons (Fsp3) is 0.222. The predicted octanol–water partition coefficient (Wildman–Crippen LogP) is 3.07. The number of carbonyl (C=O) groups is 1. The summed E-state index contributed by atoms with van der Waals surface area (Å²) in [4.78, 5) is 11.4. The minimum atomic E-state index is 0.0875. The van der Waals surface area contributed by atoms with E-state index in [0.717, 1.165) is 4.47 Å². The second kappa shape index (κ2) is 3.31. The molecule has 0 aliphatic carbocycles. The molecule has 0 unspecified atom stereocenters. The summed E-state index contributed by atoms with van der Waals surface area (Å²) in [6.45, 7) is 0.450. The smallest absolute Gasteiger partial charge is 0.170 e. The monoisotopic (exact) mass is 260 g/mol. The highest BCUT2D eigenvalue weighted by molar-refractivity contribution is 9.10. The van der Waals surface area contributed by atoms with Crippen LogP contribution in [-0.4, -0.2) is 12.4 Å². The first-order chi connectivity index (χ1) is 6.18. The molecular formula is C9H6BrClO2. The van der Waals surface area contributed by atoms with Crippen LogP contribution in [-0.2, 0) is 0 Å². The maximum Gasteiger partial charge on any atom is 0.170 e. The number of Topliss-reactive ketones (excluding diaryl/α,β-unsaturated/α-hetero) is 1.